The van der Waals surface area contributed by atoms with Gasteiger partial charge in [-0.15, -0.1) is 0 Å². The molecule has 3 rings (SSSR count). The van der Waals surface area contributed by atoms with E-state index in [4.69, 9.17) is 26.1 Å². The third kappa shape index (κ3) is 5.50. The van der Waals surface area contributed by atoms with E-state index >= 15 is 0 Å². The number of fused-ring (bicyclic) bond motifs is 1. The SMILES string of the molecule is C=CCOc1c(OCC)cc(C=Nn2c([C@H](C)CC)nc3ccc(Br)cc3c2=O)c(Br)c1Cl. The van der Waals surface area contributed by atoms with Crippen LogP contribution in [0.25, 0.3) is 10.9 Å². The van der Waals surface area contributed by atoms with Crippen molar-refractivity contribution in [2.75, 3.05) is 13.2 Å². The molecule has 0 amide bonds. The first kappa shape index (κ1) is 25.5. The second kappa shape index (κ2) is 11.3. The Labute approximate surface area is 214 Å². The molecule has 1 heterocycles. The molecule has 0 unspecified atom stereocenters. The molecule has 1 atom stereocenters. The van der Waals surface area contributed by atoms with E-state index in [-0.39, 0.29) is 18.1 Å². The number of hydrogen-bond donors (Lipinski definition) is 0. The van der Waals surface area contributed by atoms with Crippen LogP contribution in [0.3, 0.4) is 0 Å². The van der Waals surface area contributed by atoms with Crippen molar-refractivity contribution < 1.29 is 9.47 Å². The van der Waals surface area contributed by atoms with Crippen molar-refractivity contribution in [3.05, 3.63) is 72.6 Å². The van der Waals surface area contributed by atoms with Gasteiger partial charge in [0.25, 0.3) is 5.56 Å². The van der Waals surface area contributed by atoms with Gasteiger partial charge in [0.1, 0.15) is 17.5 Å². The number of benzene rings is 2. The molecule has 0 aliphatic rings. The van der Waals surface area contributed by atoms with E-state index in [1.165, 1.54) is 4.68 Å². The van der Waals surface area contributed by atoms with Gasteiger partial charge >= 0.3 is 0 Å². The molecule has 1 aromatic heterocycles. The first-order valence-electron chi connectivity index (χ1n) is 10.5. The van der Waals surface area contributed by atoms with Crippen LogP contribution in [0.5, 0.6) is 11.5 Å². The van der Waals surface area contributed by atoms with E-state index in [0.717, 1.165) is 10.9 Å². The fraction of sp³-hybridized carbons (Fsp3) is 0.292. The van der Waals surface area contributed by atoms with Crippen LogP contribution in [0, 0.1) is 0 Å². The Morgan fingerprint density at radius 3 is 2.70 bits per heavy atom. The summed E-state index contributed by atoms with van der Waals surface area (Å²) in [6.07, 6.45) is 4.00. The highest BCUT2D eigenvalue weighted by Crippen LogP contribution is 2.42. The molecular weight excluding hydrogens is 574 g/mol. The number of rotatable bonds is 9. The molecule has 0 bridgehead atoms. The fourth-order valence-corrected chi connectivity index (χ4v) is 4.15. The lowest BCUT2D eigenvalue weighted by Crippen LogP contribution is -2.23. The van der Waals surface area contributed by atoms with Gasteiger partial charge in [-0.2, -0.15) is 9.78 Å². The van der Waals surface area contributed by atoms with Gasteiger partial charge in [-0.3, -0.25) is 4.79 Å². The minimum absolute atomic E-state index is 0.0311. The summed E-state index contributed by atoms with van der Waals surface area (Å²) in [5, 5.41) is 5.35. The van der Waals surface area contributed by atoms with Crippen LogP contribution in [-0.4, -0.2) is 29.1 Å². The summed E-state index contributed by atoms with van der Waals surface area (Å²) < 4.78 is 14.1. The third-order valence-corrected chi connectivity index (χ3v) is 6.94. The van der Waals surface area contributed by atoms with Crippen LogP contribution in [0.4, 0.5) is 0 Å². The van der Waals surface area contributed by atoms with Gasteiger partial charge in [0.05, 0.1) is 23.7 Å². The molecule has 174 valence electrons. The van der Waals surface area contributed by atoms with Crippen molar-refractivity contribution in [3.63, 3.8) is 0 Å². The zero-order valence-corrected chi connectivity index (χ0v) is 22.5. The molecule has 3 aromatic rings. The lowest BCUT2D eigenvalue weighted by Gasteiger charge is -2.16. The molecule has 0 saturated heterocycles. The summed E-state index contributed by atoms with van der Waals surface area (Å²) in [6, 6.07) is 7.21. The zero-order valence-electron chi connectivity index (χ0n) is 18.6. The predicted octanol–water partition coefficient (Wildman–Crippen LogP) is 6.93. The van der Waals surface area contributed by atoms with Gasteiger partial charge in [0.15, 0.2) is 11.5 Å². The van der Waals surface area contributed by atoms with Gasteiger partial charge in [-0.25, -0.2) is 4.98 Å². The predicted molar refractivity (Wildman–Crippen MR) is 141 cm³/mol. The highest BCUT2D eigenvalue weighted by Gasteiger charge is 2.19. The van der Waals surface area contributed by atoms with E-state index in [0.29, 0.717) is 49.9 Å². The summed E-state index contributed by atoms with van der Waals surface area (Å²) in [5.74, 6) is 1.51. The Balaban J connectivity index is 2.18. The number of nitrogens with zero attached hydrogens (tertiary/aromatic N) is 3. The third-order valence-electron chi connectivity index (χ3n) is 5.00. The van der Waals surface area contributed by atoms with Crippen molar-refractivity contribution in [3.8, 4) is 11.5 Å². The van der Waals surface area contributed by atoms with Crippen LogP contribution in [0.1, 0.15) is 44.5 Å². The molecule has 0 N–H and O–H groups in total. The summed E-state index contributed by atoms with van der Waals surface area (Å²) in [7, 11) is 0. The van der Waals surface area contributed by atoms with Gasteiger partial charge < -0.3 is 9.47 Å². The van der Waals surface area contributed by atoms with E-state index in [1.807, 2.05) is 32.9 Å². The smallest absolute Gasteiger partial charge is 0.282 e. The summed E-state index contributed by atoms with van der Waals surface area (Å²) in [5.41, 5.74) is 1.02. The molecule has 0 radical (unpaired) electrons. The van der Waals surface area contributed by atoms with Crippen molar-refractivity contribution in [2.45, 2.75) is 33.1 Å². The molecule has 6 nitrogen and oxygen atoms in total. The van der Waals surface area contributed by atoms with Crippen molar-refractivity contribution in [2.24, 2.45) is 5.10 Å². The average Bonchev–Trinajstić information content (AvgIpc) is 2.81. The van der Waals surface area contributed by atoms with Crippen molar-refractivity contribution in [1.29, 1.82) is 0 Å². The lowest BCUT2D eigenvalue weighted by molar-refractivity contribution is 0.297. The Morgan fingerprint density at radius 2 is 2.03 bits per heavy atom. The molecular formula is C24H24Br2ClN3O3. The molecule has 0 aliphatic carbocycles. The van der Waals surface area contributed by atoms with Gasteiger partial charge in [0.2, 0.25) is 0 Å². The maximum Gasteiger partial charge on any atom is 0.282 e. The normalized spacial score (nSPS) is 12.3. The van der Waals surface area contributed by atoms with Gasteiger partial charge in [0, 0.05) is 20.4 Å². The van der Waals surface area contributed by atoms with Gasteiger partial charge in [-0.1, -0.05) is 54.0 Å². The Bertz CT molecular complexity index is 1270. The fourth-order valence-electron chi connectivity index (χ4n) is 3.14. The van der Waals surface area contributed by atoms with E-state index in [1.54, 1.807) is 24.4 Å². The Kier molecular flexibility index (Phi) is 8.73. The second-order valence-electron chi connectivity index (χ2n) is 7.26. The largest absolute Gasteiger partial charge is 0.490 e. The maximum atomic E-state index is 13.3. The molecule has 0 fully saturated rings. The first-order chi connectivity index (χ1) is 15.8. The Morgan fingerprint density at radius 1 is 1.27 bits per heavy atom. The Hall–Kier alpha value is -2.16. The summed E-state index contributed by atoms with van der Waals surface area (Å²) in [4.78, 5) is 18.1. The number of hydrogen-bond acceptors (Lipinski definition) is 5. The van der Waals surface area contributed by atoms with Crippen molar-refractivity contribution >= 4 is 60.6 Å². The molecule has 9 heteroatoms. The minimum atomic E-state index is -0.244. The van der Waals surface area contributed by atoms with Crippen LogP contribution in [-0.2, 0) is 0 Å². The van der Waals surface area contributed by atoms with E-state index in [9.17, 15) is 4.79 Å². The summed E-state index contributed by atoms with van der Waals surface area (Å²) >= 11 is 13.5. The lowest BCUT2D eigenvalue weighted by atomic mass is 10.1. The van der Waals surface area contributed by atoms with Gasteiger partial charge in [-0.05, 0) is 53.5 Å². The van der Waals surface area contributed by atoms with Crippen molar-refractivity contribution in [1.82, 2.24) is 9.66 Å². The highest BCUT2D eigenvalue weighted by atomic mass is 79.9. The maximum absolute atomic E-state index is 13.3. The molecule has 2 aromatic carbocycles. The monoisotopic (exact) mass is 595 g/mol. The minimum Gasteiger partial charge on any atom is -0.490 e. The summed E-state index contributed by atoms with van der Waals surface area (Å²) in [6.45, 7) is 10.3. The highest BCUT2D eigenvalue weighted by molar-refractivity contribution is 9.10. The van der Waals surface area contributed by atoms with Crippen LogP contribution < -0.4 is 15.0 Å². The van der Waals surface area contributed by atoms with E-state index in [2.05, 4.69) is 43.5 Å². The zero-order chi connectivity index (χ0) is 24.1. The number of halogens is 3. The number of aromatic nitrogens is 2. The van der Waals surface area contributed by atoms with E-state index < -0.39 is 0 Å². The first-order valence-corrected chi connectivity index (χ1v) is 12.4. The molecule has 0 spiro atoms. The second-order valence-corrected chi connectivity index (χ2v) is 9.34. The van der Waals surface area contributed by atoms with Crippen LogP contribution in [0.2, 0.25) is 5.02 Å². The molecule has 0 saturated carbocycles. The standard InChI is InChI=1S/C24H24Br2ClN3O3/c1-5-10-33-22-19(32-7-3)11-15(20(26)21(22)27)13-28-30-23(14(4)6-2)29-18-9-8-16(25)12-17(18)24(30)31/h5,8-9,11-14H,1,6-7,10H2,2-4H3/t14-/m1/s1. The van der Waals surface area contributed by atoms with Crippen LogP contribution in [0.15, 0.2) is 55.8 Å². The number of ether oxygens (including phenoxy) is 2. The topological polar surface area (TPSA) is 65.7 Å². The van der Waals surface area contributed by atoms with Crippen LogP contribution >= 0.6 is 43.5 Å². The quantitative estimate of drug-likeness (QED) is 0.198. The molecule has 0 aliphatic heterocycles. The average molecular weight is 598 g/mol. The molecule has 33 heavy (non-hydrogen) atoms.